The van der Waals surface area contributed by atoms with Crippen LogP contribution in [0.1, 0.15) is 31.1 Å². The van der Waals surface area contributed by atoms with Crippen LogP contribution in [0.15, 0.2) is 35.5 Å². The van der Waals surface area contributed by atoms with Crippen molar-refractivity contribution in [1.29, 1.82) is 0 Å². The fourth-order valence-corrected chi connectivity index (χ4v) is 2.44. The highest BCUT2D eigenvalue weighted by Gasteiger charge is 2.16. The molecule has 3 rings (SSSR count). The van der Waals surface area contributed by atoms with E-state index in [4.69, 9.17) is 4.74 Å². The van der Waals surface area contributed by atoms with E-state index < -0.39 is 11.5 Å². The number of hydrogen-bond acceptors (Lipinski definition) is 6. The maximum absolute atomic E-state index is 12.6. The van der Waals surface area contributed by atoms with E-state index in [1.54, 1.807) is 39.0 Å². The highest BCUT2D eigenvalue weighted by atomic mass is 16.5. The largest absolute Gasteiger partial charge is 0.462 e. The summed E-state index contributed by atoms with van der Waals surface area (Å²) in [5.74, 6) is -1.01. The van der Waals surface area contributed by atoms with Crippen molar-refractivity contribution in [3.8, 4) is 0 Å². The first-order valence-electron chi connectivity index (χ1n) is 8.20. The van der Waals surface area contributed by atoms with Crippen molar-refractivity contribution < 1.29 is 14.3 Å². The van der Waals surface area contributed by atoms with Crippen molar-refractivity contribution in [2.75, 3.05) is 11.9 Å². The van der Waals surface area contributed by atoms with Gasteiger partial charge in [0.05, 0.1) is 12.1 Å². The molecule has 0 saturated heterocycles. The second-order valence-corrected chi connectivity index (χ2v) is 6.01. The Morgan fingerprint density at radius 2 is 2.04 bits per heavy atom. The fourth-order valence-electron chi connectivity index (χ4n) is 2.44. The van der Waals surface area contributed by atoms with E-state index in [0.717, 1.165) is 0 Å². The normalized spacial score (nSPS) is 11.1. The number of benzene rings is 1. The second-order valence-electron chi connectivity index (χ2n) is 6.01. The van der Waals surface area contributed by atoms with E-state index in [2.05, 4.69) is 15.3 Å². The zero-order chi connectivity index (χ0) is 18.8. The number of fused-ring (bicyclic) bond motifs is 3. The van der Waals surface area contributed by atoms with Gasteiger partial charge < -0.3 is 10.1 Å². The van der Waals surface area contributed by atoms with Crippen LogP contribution in [0.3, 0.4) is 0 Å². The molecule has 1 amide bonds. The van der Waals surface area contributed by atoms with Gasteiger partial charge in [0.25, 0.3) is 5.56 Å². The number of amides is 1. The Morgan fingerprint density at radius 3 is 2.73 bits per heavy atom. The van der Waals surface area contributed by atoms with E-state index in [-0.39, 0.29) is 24.0 Å². The van der Waals surface area contributed by atoms with Gasteiger partial charge in [-0.25, -0.2) is 19.2 Å². The zero-order valence-corrected chi connectivity index (χ0v) is 14.6. The standard InChI is InChI=1S/C18H18N4O4/c1-4-26-18(25)13-8-19-15-12-7-11(21-16(23)10(2)3)5-6-14(12)20-9-22(15)17(13)24/h5-10H,4H2,1-3H3,(H,21,23). The summed E-state index contributed by atoms with van der Waals surface area (Å²) in [6, 6.07) is 5.17. The Morgan fingerprint density at radius 1 is 1.27 bits per heavy atom. The minimum atomic E-state index is -0.725. The van der Waals surface area contributed by atoms with Crippen LogP contribution in [0, 0.1) is 5.92 Å². The van der Waals surface area contributed by atoms with Gasteiger partial charge in [-0.3, -0.25) is 9.59 Å². The van der Waals surface area contributed by atoms with Crippen LogP contribution in [-0.2, 0) is 9.53 Å². The molecule has 8 heteroatoms. The minimum absolute atomic E-state index is 0.118. The van der Waals surface area contributed by atoms with Gasteiger partial charge in [0.2, 0.25) is 5.91 Å². The molecule has 0 aliphatic carbocycles. The summed E-state index contributed by atoms with van der Waals surface area (Å²) in [5, 5.41) is 3.39. The summed E-state index contributed by atoms with van der Waals surface area (Å²) in [4.78, 5) is 44.8. The molecule has 0 aliphatic heterocycles. The molecule has 0 spiro atoms. The van der Waals surface area contributed by atoms with Crippen molar-refractivity contribution >= 4 is 34.1 Å². The number of esters is 1. The van der Waals surface area contributed by atoms with Crippen molar-refractivity contribution in [2.24, 2.45) is 5.92 Å². The number of ether oxygens (including phenoxy) is 1. The number of aromatic nitrogens is 3. The molecule has 134 valence electrons. The smallest absolute Gasteiger partial charge is 0.345 e. The van der Waals surface area contributed by atoms with E-state index in [9.17, 15) is 14.4 Å². The first-order valence-corrected chi connectivity index (χ1v) is 8.20. The molecule has 0 fully saturated rings. The highest BCUT2D eigenvalue weighted by molar-refractivity contribution is 5.98. The van der Waals surface area contributed by atoms with Crippen LogP contribution in [-0.4, -0.2) is 32.9 Å². The second kappa shape index (κ2) is 6.91. The van der Waals surface area contributed by atoms with Crippen LogP contribution in [0.4, 0.5) is 5.69 Å². The lowest BCUT2D eigenvalue weighted by molar-refractivity contribution is -0.118. The predicted molar refractivity (Wildman–Crippen MR) is 96.2 cm³/mol. The van der Waals surface area contributed by atoms with Crippen LogP contribution < -0.4 is 10.9 Å². The Labute approximate surface area is 148 Å². The van der Waals surface area contributed by atoms with Gasteiger partial charge in [0.15, 0.2) is 0 Å². The molecular formula is C18H18N4O4. The first-order chi connectivity index (χ1) is 12.4. The van der Waals surface area contributed by atoms with Crippen molar-refractivity contribution in [3.05, 3.63) is 46.6 Å². The quantitative estimate of drug-likeness (QED) is 0.568. The Kier molecular flexibility index (Phi) is 4.66. The maximum Gasteiger partial charge on any atom is 0.345 e. The lowest BCUT2D eigenvalue weighted by Gasteiger charge is -2.10. The molecule has 0 radical (unpaired) electrons. The number of nitrogens with zero attached hydrogens (tertiary/aromatic N) is 3. The summed E-state index contributed by atoms with van der Waals surface area (Å²) < 4.78 is 6.07. The zero-order valence-electron chi connectivity index (χ0n) is 14.6. The molecule has 2 aromatic heterocycles. The lowest BCUT2D eigenvalue weighted by atomic mass is 10.1. The lowest BCUT2D eigenvalue weighted by Crippen LogP contribution is -2.24. The van der Waals surface area contributed by atoms with Crippen LogP contribution >= 0.6 is 0 Å². The van der Waals surface area contributed by atoms with Crippen LogP contribution in [0.2, 0.25) is 0 Å². The third kappa shape index (κ3) is 3.13. The number of hydrogen-bond donors (Lipinski definition) is 1. The van der Waals surface area contributed by atoms with Gasteiger partial charge in [0.1, 0.15) is 17.5 Å². The average Bonchev–Trinajstić information content (AvgIpc) is 2.61. The van der Waals surface area contributed by atoms with Gasteiger partial charge in [0, 0.05) is 23.2 Å². The molecule has 26 heavy (non-hydrogen) atoms. The molecule has 0 bridgehead atoms. The monoisotopic (exact) mass is 354 g/mol. The van der Waals surface area contributed by atoms with Gasteiger partial charge in [-0.2, -0.15) is 0 Å². The van der Waals surface area contributed by atoms with Gasteiger partial charge in [-0.05, 0) is 25.1 Å². The number of nitrogens with one attached hydrogen (secondary N) is 1. The molecule has 0 saturated carbocycles. The first kappa shape index (κ1) is 17.5. The Balaban J connectivity index is 2.15. The average molecular weight is 354 g/mol. The molecule has 3 aromatic rings. The number of anilines is 1. The van der Waals surface area contributed by atoms with Gasteiger partial charge in [-0.1, -0.05) is 13.8 Å². The molecule has 8 nitrogen and oxygen atoms in total. The third-order valence-electron chi connectivity index (χ3n) is 3.83. The molecule has 1 aromatic carbocycles. The molecule has 0 unspecified atom stereocenters. The van der Waals surface area contributed by atoms with Crippen molar-refractivity contribution in [1.82, 2.24) is 14.4 Å². The molecule has 0 atom stereocenters. The van der Waals surface area contributed by atoms with E-state index in [1.165, 1.54) is 16.9 Å². The number of rotatable bonds is 4. The summed E-state index contributed by atoms with van der Waals surface area (Å²) in [7, 11) is 0. The van der Waals surface area contributed by atoms with E-state index in [0.29, 0.717) is 22.2 Å². The minimum Gasteiger partial charge on any atom is -0.462 e. The SMILES string of the molecule is CCOC(=O)c1cnc2c3cc(NC(=O)C(C)C)ccc3ncn2c1=O. The summed E-state index contributed by atoms with van der Waals surface area (Å²) in [5.41, 5.74) is 0.820. The third-order valence-corrected chi connectivity index (χ3v) is 3.83. The number of carbonyl (C=O) groups is 2. The Hall–Kier alpha value is -3.29. The van der Waals surface area contributed by atoms with Gasteiger partial charge >= 0.3 is 5.97 Å². The molecule has 0 aliphatic rings. The molecular weight excluding hydrogens is 336 g/mol. The molecule has 2 heterocycles. The van der Waals surface area contributed by atoms with Crippen LogP contribution in [0.25, 0.3) is 16.6 Å². The van der Waals surface area contributed by atoms with Crippen molar-refractivity contribution in [3.63, 3.8) is 0 Å². The predicted octanol–water partition coefficient (Wildman–Crippen LogP) is 2.01. The maximum atomic E-state index is 12.6. The van der Waals surface area contributed by atoms with Gasteiger partial charge in [-0.15, -0.1) is 0 Å². The summed E-state index contributed by atoms with van der Waals surface area (Å²) >= 11 is 0. The highest BCUT2D eigenvalue weighted by Crippen LogP contribution is 2.21. The molecule has 1 N–H and O–H groups in total. The van der Waals surface area contributed by atoms with E-state index >= 15 is 0 Å². The topological polar surface area (TPSA) is 103 Å². The van der Waals surface area contributed by atoms with Crippen molar-refractivity contribution in [2.45, 2.75) is 20.8 Å². The summed E-state index contributed by atoms with van der Waals surface area (Å²) in [6.07, 6.45) is 2.52. The van der Waals surface area contributed by atoms with Crippen LogP contribution in [0.5, 0.6) is 0 Å². The summed E-state index contributed by atoms with van der Waals surface area (Å²) in [6.45, 7) is 5.42. The fraction of sp³-hybridized carbons (Fsp3) is 0.278. The Bertz CT molecular complexity index is 1070. The number of carbonyl (C=O) groups excluding carboxylic acids is 2. The van der Waals surface area contributed by atoms with E-state index in [1.807, 2.05) is 0 Å².